The predicted octanol–water partition coefficient (Wildman–Crippen LogP) is 3.99. The number of nitrogens with zero attached hydrogens (tertiary/aromatic N) is 1. The lowest BCUT2D eigenvalue weighted by atomic mass is 10.1. The molecule has 8 heteroatoms. The minimum atomic E-state index is -1.03. The topological polar surface area (TPSA) is 88.4 Å². The van der Waals surface area contributed by atoms with Gasteiger partial charge in [-0.15, -0.1) is 0 Å². The van der Waals surface area contributed by atoms with Gasteiger partial charge in [0, 0.05) is 16.3 Å². The number of halogens is 2. The largest absolute Gasteiger partial charge is 0.496 e. The molecule has 0 saturated carbocycles. The fourth-order valence-electron chi connectivity index (χ4n) is 2.26. The first kappa shape index (κ1) is 20.6. The van der Waals surface area contributed by atoms with E-state index >= 15 is 0 Å². The van der Waals surface area contributed by atoms with Gasteiger partial charge in [-0.1, -0.05) is 23.2 Å². The van der Waals surface area contributed by atoms with Crippen LogP contribution in [-0.2, 0) is 20.7 Å². The van der Waals surface area contributed by atoms with Gasteiger partial charge in [0.05, 0.1) is 24.1 Å². The molecule has 2 rings (SSSR count). The van der Waals surface area contributed by atoms with E-state index in [4.69, 9.17) is 37.9 Å². The van der Waals surface area contributed by atoms with E-state index in [-0.39, 0.29) is 11.4 Å². The van der Waals surface area contributed by atoms with Crippen molar-refractivity contribution in [1.29, 1.82) is 5.26 Å². The fraction of sp³-hybridized carbons (Fsp3) is 0.211. The van der Waals surface area contributed by atoms with E-state index in [0.717, 1.165) is 0 Å². The fourth-order valence-corrected chi connectivity index (χ4v) is 2.68. The zero-order valence-corrected chi connectivity index (χ0v) is 16.1. The highest BCUT2D eigenvalue weighted by Gasteiger charge is 2.19. The third-order valence-corrected chi connectivity index (χ3v) is 4.16. The van der Waals surface area contributed by atoms with E-state index in [2.05, 4.69) is 5.32 Å². The summed E-state index contributed by atoms with van der Waals surface area (Å²) < 4.78 is 10.3. The van der Waals surface area contributed by atoms with Crippen LogP contribution in [0.15, 0.2) is 36.4 Å². The van der Waals surface area contributed by atoms with E-state index in [9.17, 15) is 9.59 Å². The second-order valence-electron chi connectivity index (χ2n) is 5.56. The van der Waals surface area contributed by atoms with Gasteiger partial charge >= 0.3 is 5.97 Å². The second-order valence-corrected chi connectivity index (χ2v) is 6.40. The molecule has 6 nitrogen and oxygen atoms in total. The van der Waals surface area contributed by atoms with Gasteiger partial charge in [-0.05, 0) is 43.3 Å². The van der Waals surface area contributed by atoms with Crippen LogP contribution in [0.4, 0.5) is 5.69 Å². The van der Waals surface area contributed by atoms with Crippen LogP contribution >= 0.6 is 23.2 Å². The van der Waals surface area contributed by atoms with Gasteiger partial charge < -0.3 is 14.8 Å². The number of carbonyl (C=O) groups excluding carboxylic acids is 2. The summed E-state index contributed by atoms with van der Waals surface area (Å²) in [7, 11) is 1.48. The first-order valence-electron chi connectivity index (χ1n) is 7.86. The highest BCUT2D eigenvalue weighted by atomic mass is 35.5. The average Bonchev–Trinajstić information content (AvgIpc) is 2.62. The molecule has 1 N–H and O–H groups in total. The Balaban J connectivity index is 1.98. The SMILES string of the molecule is COc1ccc(Cl)cc1CC(=O)O[C@@H](C)C(=O)Nc1ccc(C#N)c(Cl)c1. The molecule has 0 bridgehead atoms. The molecule has 0 aromatic heterocycles. The lowest BCUT2D eigenvalue weighted by molar-refractivity contribution is -0.152. The first-order chi connectivity index (χ1) is 12.8. The number of rotatable bonds is 6. The van der Waals surface area contributed by atoms with Gasteiger partial charge in [0.1, 0.15) is 11.8 Å². The molecule has 27 heavy (non-hydrogen) atoms. The maximum Gasteiger partial charge on any atom is 0.311 e. The molecule has 0 unspecified atom stereocenters. The lowest BCUT2D eigenvalue weighted by Gasteiger charge is -2.15. The molecular weight excluding hydrogens is 391 g/mol. The normalized spacial score (nSPS) is 11.2. The number of amides is 1. The van der Waals surface area contributed by atoms with Crippen LogP contribution in [0.25, 0.3) is 0 Å². The Morgan fingerprint density at radius 2 is 1.96 bits per heavy atom. The molecule has 1 atom stereocenters. The van der Waals surface area contributed by atoms with E-state index in [1.165, 1.54) is 32.2 Å². The predicted molar refractivity (Wildman–Crippen MR) is 102 cm³/mol. The Bertz CT molecular complexity index is 909. The van der Waals surface area contributed by atoms with Crippen LogP contribution in [0.5, 0.6) is 5.75 Å². The van der Waals surface area contributed by atoms with Gasteiger partial charge in [-0.25, -0.2) is 0 Å². The van der Waals surface area contributed by atoms with Crippen LogP contribution in [0.1, 0.15) is 18.1 Å². The van der Waals surface area contributed by atoms with Crippen LogP contribution < -0.4 is 10.1 Å². The number of nitrogens with one attached hydrogen (secondary N) is 1. The van der Waals surface area contributed by atoms with E-state index in [1.54, 1.807) is 18.2 Å². The molecule has 0 spiro atoms. The molecule has 0 aliphatic rings. The number of hydrogen-bond donors (Lipinski definition) is 1. The smallest absolute Gasteiger partial charge is 0.311 e. The molecule has 0 aliphatic heterocycles. The Morgan fingerprint density at radius 3 is 2.59 bits per heavy atom. The maximum absolute atomic E-state index is 12.2. The summed E-state index contributed by atoms with van der Waals surface area (Å²) in [5.41, 5.74) is 1.24. The van der Waals surface area contributed by atoms with E-state index in [0.29, 0.717) is 27.6 Å². The van der Waals surface area contributed by atoms with Crippen molar-refractivity contribution in [1.82, 2.24) is 0 Å². The third-order valence-electron chi connectivity index (χ3n) is 3.61. The Kier molecular flexibility index (Phi) is 7.05. The minimum Gasteiger partial charge on any atom is -0.496 e. The Morgan fingerprint density at radius 1 is 1.22 bits per heavy atom. The van der Waals surface area contributed by atoms with Crippen molar-refractivity contribution >= 4 is 40.8 Å². The molecule has 0 saturated heterocycles. The zero-order chi connectivity index (χ0) is 20.0. The number of benzene rings is 2. The number of carbonyl (C=O) groups is 2. The molecule has 140 valence electrons. The van der Waals surface area contributed by atoms with Crippen molar-refractivity contribution in [3.8, 4) is 11.8 Å². The minimum absolute atomic E-state index is 0.0932. The number of ether oxygens (including phenoxy) is 2. The molecule has 1 amide bonds. The van der Waals surface area contributed by atoms with Crippen LogP contribution in [-0.4, -0.2) is 25.1 Å². The monoisotopic (exact) mass is 406 g/mol. The molecule has 0 radical (unpaired) electrons. The highest BCUT2D eigenvalue weighted by molar-refractivity contribution is 6.32. The summed E-state index contributed by atoms with van der Waals surface area (Å²) >= 11 is 11.9. The van der Waals surface area contributed by atoms with Crippen molar-refractivity contribution in [3.05, 3.63) is 57.6 Å². The van der Waals surface area contributed by atoms with E-state index < -0.39 is 18.0 Å². The van der Waals surface area contributed by atoms with Crippen molar-refractivity contribution < 1.29 is 19.1 Å². The van der Waals surface area contributed by atoms with Crippen molar-refractivity contribution in [2.45, 2.75) is 19.4 Å². The average molecular weight is 407 g/mol. The van der Waals surface area contributed by atoms with Gasteiger partial charge in [0.15, 0.2) is 6.10 Å². The summed E-state index contributed by atoms with van der Waals surface area (Å²) in [6.07, 6.45) is -1.12. The summed E-state index contributed by atoms with van der Waals surface area (Å²) in [6, 6.07) is 11.3. The summed E-state index contributed by atoms with van der Waals surface area (Å²) in [4.78, 5) is 24.3. The number of anilines is 1. The lowest BCUT2D eigenvalue weighted by Crippen LogP contribution is -2.30. The molecular formula is C19H16Cl2N2O4. The number of methoxy groups -OCH3 is 1. The van der Waals surface area contributed by atoms with Crippen LogP contribution in [0.2, 0.25) is 10.0 Å². The molecule has 0 fully saturated rings. The Labute approximate surface area is 166 Å². The Hall–Kier alpha value is -2.75. The van der Waals surface area contributed by atoms with Gasteiger partial charge in [0.2, 0.25) is 0 Å². The second kappa shape index (κ2) is 9.26. The number of esters is 1. The molecule has 2 aromatic rings. The molecule has 2 aromatic carbocycles. The van der Waals surface area contributed by atoms with Crippen LogP contribution in [0, 0.1) is 11.3 Å². The summed E-state index contributed by atoms with van der Waals surface area (Å²) in [6.45, 7) is 1.45. The zero-order valence-electron chi connectivity index (χ0n) is 14.6. The van der Waals surface area contributed by atoms with Crippen molar-refractivity contribution in [2.75, 3.05) is 12.4 Å². The third kappa shape index (κ3) is 5.61. The first-order valence-corrected chi connectivity index (χ1v) is 8.62. The molecule has 0 aliphatic carbocycles. The summed E-state index contributed by atoms with van der Waals surface area (Å²) in [5.74, 6) is -0.626. The van der Waals surface area contributed by atoms with Gasteiger partial charge in [-0.3, -0.25) is 9.59 Å². The quantitative estimate of drug-likeness (QED) is 0.732. The van der Waals surface area contributed by atoms with Crippen molar-refractivity contribution in [3.63, 3.8) is 0 Å². The van der Waals surface area contributed by atoms with Gasteiger partial charge in [-0.2, -0.15) is 5.26 Å². The maximum atomic E-state index is 12.2. The van der Waals surface area contributed by atoms with Crippen LogP contribution in [0.3, 0.4) is 0 Å². The van der Waals surface area contributed by atoms with Crippen molar-refractivity contribution in [2.24, 2.45) is 0 Å². The number of hydrogen-bond acceptors (Lipinski definition) is 5. The van der Waals surface area contributed by atoms with Gasteiger partial charge in [0.25, 0.3) is 5.91 Å². The standard InChI is InChI=1S/C19H16Cl2N2O4/c1-11(19(25)23-15-5-3-12(10-22)16(21)9-15)27-18(24)8-13-7-14(20)4-6-17(13)26-2/h3-7,9,11H,8H2,1-2H3,(H,23,25)/t11-/m0/s1. The summed E-state index contributed by atoms with van der Waals surface area (Å²) in [5, 5.41) is 12.1. The van der Waals surface area contributed by atoms with E-state index in [1.807, 2.05) is 6.07 Å². The number of nitriles is 1. The molecule has 0 heterocycles. The highest BCUT2D eigenvalue weighted by Crippen LogP contribution is 2.24.